The van der Waals surface area contributed by atoms with Crippen LogP contribution in [0, 0.1) is 5.82 Å². The SMILES string of the molecule is COc1cccc(-c2nc3n(n2)C(=O)CC(c2cccc(F)c2)S3)c1. The van der Waals surface area contributed by atoms with Gasteiger partial charge in [0.1, 0.15) is 11.6 Å². The molecule has 0 saturated heterocycles. The summed E-state index contributed by atoms with van der Waals surface area (Å²) >= 11 is 1.42. The summed E-state index contributed by atoms with van der Waals surface area (Å²) in [5.41, 5.74) is 1.55. The van der Waals surface area contributed by atoms with E-state index in [1.165, 1.54) is 28.6 Å². The Morgan fingerprint density at radius 2 is 2.08 bits per heavy atom. The number of ether oxygens (including phenoxy) is 1. The second kappa shape index (κ2) is 6.33. The maximum Gasteiger partial charge on any atom is 0.250 e. The molecule has 1 atom stereocenters. The van der Waals surface area contributed by atoms with E-state index in [1.54, 1.807) is 13.2 Å². The van der Waals surface area contributed by atoms with Crippen LogP contribution >= 0.6 is 11.8 Å². The second-order valence-electron chi connectivity index (χ2n) is 5.62. The van der Waals surface area contributed by atoms with Crippen LogP contribution in [0.2, 0.25) is 0 Å². The summed E-state index contributed by atoms with van der Waals surface area (Å²) in [6.07, 6.45) is 0.252. The van der Waals surface area contributed by atoms with Crippen molar-refractivity contribution >= 4 is 17.7 Å². The molecule has 1 aromatic heterocycles. The average Bonchev–Trinajstić information content (AvgIpc) is 3.07. The third kappa shape index (κ3) is 3.02. The Balaban J connectivity index is 1.68. The highest BCUT2D eigenvalue weighted by molar-refractivity contribution is 7.99. The maximum absolute atomic E-state index is 13.5. The van der Waals surface area contributed by atoms with Crippen molar-refractivity contribution in [2.75, 3.05) is 7.11 Å². The topological polar surface area (TPSA) is 57.0 Å². The smallest absolute Gasteiger partial charge is 0.250 e. The molecular formula is C18H14FN3O2S. The fraction of sp³-hybridized carbons (Fsp3) is 0.167. The van der Waals surface area contributed by atoms with E-state index in [0.29, 0.717) is 16.7 Å². The summed E-state index contributed by atoms with van der Waals surface area (Å²) in [4.78, 5) is 16.9. The molecule has 1 aliphatic rings. The maximum atomic E-state index is 13.5. The third-order valence-electron chi connectivity index (χ3n) is 3.97. The summed E-state index contributed by atoms with van der Waals surface area (Å²) in [5, 5.41) is 4.68. The number of benzene rings is 2. The monoisotopic (exact) mass is 355 g/mol. The molecule has 0 aliphatic carbocycles. The molecule has 1 aliphatic heterocycles. The van der Waals surface area contributed by atoms with E-state index in [1.807, 2.05) is 30.3 Å². The quantitative estimate of drug-likeness (QED) is 0.711. The minimum atomic E-state index is -0.311. The number of aromatic nitrogens is 3. The van der Waals surface area contributed by atoms with Gasteiger partial charge in [-0.2, -0.15) is 4.68 Å². The van der Waals surface area contributed by atoms with E-state index in [-0.39, 0.29) is 23.4 Å². The van der Waals surface area contributed by atoms with E-state index in [0.717, 1.165) is 11.1 Å². The van der Waals surface area contributed by atoms with Gasteiger partial charge in [-0.15, -0.1) is 5.10 Å². The predicted octanol–water partition coefficient (Wildman–Crippen LogP) is 3.97. The molecule has 25 heavy (non-hydrogen) atoms. The van der Waals surface area contributed by atoms with E-state index in [4.69, 9.17) is 4.74 Å². The van der Waals surface area contributed by atoms with Gasteiger partial charge in [0.15, 0.2) is 11.0 Å². The fourth-order valence-electron chi connectivity index (χ4n) is 2.73. The van der Waals surface area contributed by atoms with Crippen LogP contribution < -0.4 is 4.74 Å². The Bertz CT molecular complexity index is 957. The predicted molar refractivity (Wildman–Crippen MR) is 92.3 cm³/mol. The molecule has 0 saturated carbocycles. The first-order chi connectivity index (χ1) is 12.1. The lowest BCUT2D eigenvalue weighted by Gasteiger charge is -2.20. The van der Waals surface area contributed by atoms with Gasteiger partial charge in [-0.1, -0.05) is 36.0 Å². The van der Waals surface area contributed by atoms with E-state index >= 15 is 0 Å². The van der Waals surface area contributed by atoms with Crippen LogP contribution in [0.25, 0.3) is 11.4 Å². The number of hydrogen-bond donors (Lipinski definition) is 0. The Hall–Kier alpha value is -2.67. The zero-order valence-corrected chi connectivity index (χ0v) is 14.2. The van der Waals surface area contributed by atoms with Crippen molar-refractivity contribution in [3.8, 4) is 17.1 Å². The van der Waals surface area contributed by atoms with Crippen LogP contribution in [0.1, 0.15) is 22.0 Å². The number of hydrogen-bond acceptors (Lipinski definition) is 5. The van der Waals surface area contributed by atoms with Crippen molar-refractivity contribution in [1.29, 1.82) is 0 Å². The Morgan fingerprint density at radius 3 is 2.88 bits per heavy atom. The zero-order chi connectivity index (χ0) is 17.4. The number of carbonyl (C=O) groups excluding carboxylic acids is 1. The number of methoxy groups -OCH3 is 1. The van der Waals surface area contributed by atoms with Crippen LogP contribution in [0.5, 0.6) is 5.75 Å². The minimum absolute atomic E-state index is 0.148. The zero-order valence-electron chi connectivity index (χ0n) is 13.3. The number of carbonyl (C=O) groups is 1. The van der Waals surface area contributed by atoms with Gasteiger partial charge >= 0.3 is 0 Å². The highest BCUT2D eigenvalue weighted by Crippen LogP contribution is 2.41. The largest absolute Gasteiger partial charge is 0.497 e. The lowest BCUT2D eigenvalue weighted by atomic mass is 10.1. The van der Waals surface area contributed by atoms with E-state index in [9.17, 15) is 9.18 Å². The number of thioether (sulfide) groups is 1. The van der Waals surface area contributed by atoms with Gasteiger partial charge in [-0.25, -0.2) is 9.37 Å². The number of halogens is 1. The fourth-order valence-corrected chi connectivity index (χ4v) is 3.87. The molecule has 0 radical (unpaired) electrons. The molecule has 7 heteroatoms. The standard InChI is InChI=1S/C18H14FN3O2S/c1-24-14-7-3-5-12(9-14)17-20-18-22(21-17)16(23)10-15(25-18)11-4-2-6-13(19)8-11/h2-9,15H,10H2,1H3. The molecule has 3 aromatic rings. The molecule has 0 spiro atoms. The van der Waals surface area contributed by atoms with Crippen LogP contribution in [-0.4, -0.2) is 27.8 Å². The van der Waals surface area contributed by atoms with Gasteiger partial charge < -0.3 is 4.74 Å². The van der Waals surface area contributed by atoms with Gasteiger partial charge in [-0.3, -0.25) is 4.79 Å². The van der Waals surface area contributed by atoms with Gasteiger partial charge in [0, 0.05) is 17.2 Å². The van der Waals surface area contributed by atoms with Crippen LogP contribution in [0.4, 0.5) is 4.39 Å². The molecule has 0 N–H and O–H groups in total. The van der Waals surface area contributed by atoms with Crippen molar-refractivity contribution in [3.63, 3.8) is 0 Å². The van der Waals surface area contributed by atoms with Crippen molar-refractivity contribution in [2.24, 2.45) is 0 Å². The van der Waals surface area contributed by atoms with Gasteiger partial charge in [0.2, 0.25) is 0 Å². The van der Waals surface area contributed by atoms with E-state index in [2.05, 4.69) is 10.1 Å². The first kappa shape index (κ1) is 15.8. The Labute approximate surface area is 147 Å². The van der Waals surface area contributed by atoms with Crippen molar-refractivity contribution in [1.82, 2.24) is 14.8 Å². The lowest BCUT2D eigenvalue weighted by molar-refractivity contribution is 0.0868. The molecule has 2 aromatic carbocycles. The first-order valence-electron chi connectivity index (χ1n) is 7.71. The van der Waals surface area contributed by atoms with Crippen LogP contribution in [0.15, 0.2) is 53.7 Å². The highest BCUT2D eigenvalue weighted by atomic mass is 32.2. The molecule has 4 rings (SSSR count). The molecule has 5 nitrogen and oxygen atoms in total. The summed E-state index contributed by atoms with van der Waals surface area (Å²) in [6, 6.07) is 13.7. The lowest BCUT2D eigenvalue weighted by Crippen LogP contribution is -2.21. The third-order valence-corrected chi connectivity index (χ3v) is 5.17. The van der Waals surface area contributed by atoms with E-state index < -0.39 is 0 Å². The molecule has 0 bridgehead atoms. The summed E-state index contributed by atoms with van der Waals surface area (Å²) < 4.78 is 20.0. The first-order valence-corrected chi connectivity index (χ1v) is 8.59. The number of nitrogens with zero attached hydrogens (tertiary/aromatic N) is 3. The number of rotatable bonds is 3. The van der Waals surface area contributed by atoms with Crippen molar-refractivity contribution < 1.29 is 13.9 Å². The van der Waals surface area contributed by atoms with Gasteiger partial charge in [0.05, 0.1) is 7.11 Å². The molecule has 126 valence electrons. The Morgan fingerprint density at radius 1 is 1.24 bits per heavy atom. The normalized spacial score (nSPS) is 16.6. The van der Waals surface area contributed by atoms with Crippen molar-refractivity contribution in [3.05, 3.63) is 59.9 Å². The van der Waals surface area contributed by atoms with Crippen LogP contribution in [-0.2, 0) is 0 Å². The Kier molecular flexibility index (Phi) is 4.01. The molecule has 0 fully saturated rings. The van der Waals surface area contributed by atoms with Crippen LogP contribution in [0.3, 0.4) is 0 Å². The molecule has 2 heterocycles. The van der Waals surface area contributed by atoms with Gasteiger partial charge in [0.25, 0.3) is 5.91 Å². The molecule has 1 unspecified atom stereocenters. The molecule has 0 amide bonds. The highest BCUT2D eigenvalue weighted by Gasteiger charge is 2.30. The van der Waals surface area contributed by atoms with Gasteiger partial charge in [-0.05, 0) is 29.8 Å². The summed E-state index contributed by atoms with van der Waals surface area (Å²) in [7, 11) is 1.59. The average molecular weight is 355 g/mol. The summed E-state index contributed by atoms with van der Waals surface area (Å²) in [6.45, 7) is 0. The molecular weight excluding hydrogens is 341 g/mol. The second-order valence-corrected chi connectivity index (χ2v) is 6.79. The minimum Gasteiger partial charge on any atom is -0.497 e. The summed E-state index contributed by atoms with van der Waals surface area (Å²) in [5.74, 6) is 0.704. The number of fused-ring (bicyclic) bond motifs is 1. The van der Waals surface area contributed by atoms with Crippen molar-refractivity contribution in [2.45, 2.75) is 16.8 Å².